The van der Waals surface area contributed by atoms with Crippen LogP contribution >= 0.6 is 0 Å². The Hall–Kier alpha value is -1.88. The zero-order chi connectivity index (χ0) is 15.3. The van der Waals surface area contributed by atoms with E-state index in [1.54, 1.807) is 19.2 Å². The molecule has 0 saturated heterocycles. The lowest BCUT2D eigenvalue weighted by atomic mass is 9.94. The van der Waals surface area contributed by atoms with E-state index in [9.17, 15) is 9.59 Å². The zero-order valence-corrected chi connectivity index (χ0v) is 12.4. The lowest BCUT2D eigenvalue weighted by Gasteiger charge is -2.22. The lowest BCUT2D eigenvalue weighted by molar-refractivity contribution is -0.122. The average Bonchev–Trinajstić information content (AvgIpc) is 2.91. The van der Waals surface area contributed by atoms with Crippen LogP contribution in [-0.4, -0.2) is 24.4 Å². The van der Waals surface area contributed by atoms with Crippen molar-refractivity contribution in [1.29, 1.82) is 0 Å². The Kier molecular flexibility index (Phi) is 4.96. The molecule has 0 heterocycles. The molecule has 1 saturated carbocycles. The minimum absolute atomic E-state index is 0.00484. The third kappa shape index (κ3) is 4.29. The molecule has 114 valence electrons. The summed E-state index contributed by atoms with van der Waals surface area (Å²) in [6, 6.07) is 7.20. The Morgan fingerprint density at radius 2 is 1.81 bits per heavy atom. The van der Waals surface area contributed by atoms with Gasteiger partial charge in [0.25, 0.3) is 5.91 Å². The van der Waals surface area contributed by atoms with Gasteiger partial charge in [0.05, 0.1) is 0 Å². The quantitative estimate of drug-likeness (QED) is 0.764. The van der Waals surface area contributed by atoms with E-state index in [-0.39, 0.29) is 17.4 Å². The summed E-state index contributed by atoms with van der Waals surface area (Å²) >= 11 is 0. The van der Waals surface area contributed by atoms with E-state index in [4.69, 9.17) is 5.73 Å². The molecule has 21 heavy (non-hydrogen) atoms. The van der Waals surface area contributed by atoms with E-state index >= 15 is 0 Å². The molecular weight excluding hydrogens is 266 g/mol. The highest BCUT2D eigenvalue weighted by molar-refractivity contribution is 5.93. The smallest absolute Gasteiger partial charge is 0.251 e. The van der Waals surface area contributed by atoms with Gasteiger partial charge in [-0.25, -0.2) is 0 Å². The first-order valence-corrected chi connectivity index (χ1v) is 7.39. The number of carbonyl (C=O) groups is 2. The van der Waals surface area contributed by atoms with Crippen molar-refractivity contribution in [2.75, 3.05) is 7.05 Å². The fourth-order valence-electron chi connectivity index (χ4n) is 2.76. The maximum Gasteiger partial charge on any atom is 0.251 e. The van der Waals surface area contributed by atoms with Gasteiger partial charge in [0.2, 0.25) is 5.91 Å². The van der Waals surface area contributed by atoms with E-state index in [2.05, 4.69) is 10.6 Å². The molecule has 0 atom stereocenters. The van der Waals surface area contributed by atoms with Gasteiger partial charge in [0.15, 0.2) is 0 Å². The van der Waals surface area contributed by atoms with Crippen LogP contribution in [0.3, 0.4) is 0 Å². The summed E-state index contributed by atoms with van der Waals surface area (Å²) < 4.78 is 0. The van der Waals surface area contributed by atoms with Gasteiger partial charge in [-0.1, -0.05) is 25.0 Å². The first-order chi connectivity index (χ1) is 10.0. The maximum atomic E-state index is 11.9. The number of carbonyl (C=O) groups excluding carboxylic acids is 2. The van der Waals surface area contributed by atoms with Crippen LogP contribution < -0.4 is 16.4 Å². The van der Waals surface area contributed by atoms with E-state index < -0.39 is 0 Å². The van der Waals surface area contributed by atoms with Gasteiger partial charge in [-0.2, -0.15) is 0 Å². The Bertz CT molecular complexity index is 505. The predicted octanol–water partition coefficient (Wildman–Crippen LogP) is 1.32. The number of amides is 2. The fraction of sp³-hybridized carbons (Fsp3) is 0.500. The largest absolute Gasteiger partial charge is 0.355 e. The molecule has 5 heteroatoms. The Labute approximate surface area is 125 Å². The van der Waals surface area contributed by atoms with E-state index in [0.29, 0.717) is 18.5 Å². The number of rotatable bonds is 5. The van der Waals surface area contributed by atoms with Crippen LogP contribution in [0.25, 0.3) is 0 Å². The maximum absolute atomic E-state index is 11.9. The highest BCUT2D eigenvalue weighted by Crippen LogP contribution is 2.29. The van der Waals surface area contributed by atoms with Crippen molar-refractivity contribution in [2.45, 2.75) is 44.2 Å². The van der Waals surface area contributed by atoms with Gasteiger partial charge in [-0.3, -0.25) is 9.59 Å². The molecule has 4 N–H and O–H groups in total. The van der Waals surface area contributed by atoms with Crippen LogP contribution in [-0.2, 0) is 11.3 Å². The molecule has 0 bridgehead atoms. The predicted molar refractivity (Wildman–Crippen MR) is 81.7 cm³/mol. The minimum Gasteiger partial charge on any atom is -0.355 e. The standard InChI is InChI=1S/C16H23N3O2/c1-18-15(21)13-6-4-12(5-7-13)11-19-14(20)10-16(17)8-2-3-9-16/h4-7H,2-3,8-11,17H2,1H3,(H,18,21)(H,19,20). The number of nitrogens with two attached hydrogens (primary N) is 1. The molecule has 0 unspecified atom stereocenters. The van der Waals surface area contributed by atoms with E-state index in [1.165, 1.54) is 0 Å². The van der Waals surface area contributed by atoms with Crippen LogP contribution in [0.1, 0.15) is 48.0 Å². The molecule has 1 aliphatic carbocycles. The second kappa shape index (κ2) is 6.72. The number of hydrogen-bond acceptors (Lipinski definition) is 3. The summed E-state index contributed by atoms with van der Waals surface area (Å²) in [5, 5.41) is 5.47. The molecule has 0 aliphatic heterocycles. The van der Waals surface area contributed by atoms with Gasteiger partial charge < -0.3 is 16.4 Å². The van der Waals surface area contributed by atoms with Crippen molar-refractivity contribution in [3.05, 3.63) is 35.4 Å². The van der Waals surface area contributed by atoms with Crippen LogP contribution in [0, 0.1) is 0 Å². The highest BCUT2D eigenvalue weighted by Gasteiger charge is 2.31. The van der Waals surface area contributed by atoms with Crippen molar-refractivity contribution >= 4 is 11.8 Å². The van der Waals surface area contributed by atoms with Crippen molar-refractivity contribution in [3.63, 3.8) is 0 Å². The molecule has 5 nitrogen and oxygen atoms in total. The summed E-state index contributed by atoms with van der Waals surface area (Å²) in [4.78, 5) is 23.4. The Morgan fingerprint density at radius 3 is 2.38 bits per heavy atom. The Morgan fingerprint density at radius 1 is 1.19 bits per heavy atom. The topological polar surface area (TPSA) is 84.2 Å². The molecule has 0 aromatic heterocycles. The van der Waals surface area contributed by atoms with E-state index in [0.717, 1.165) is 31.2 Å². The normalized spacial score (nSPS) is 16.5. The molecule has 0 spiro atoms. The molecule has 1 aliphatic rings. The van der Waals surface area contributed by atoms with Crippen molar-refractivity contribution < 1.29 is 9.59 Å². The second-order valence-electron chi connectivity index (χ2n) is 5.80. The molecule has 2 amide bonds. The van der Waals surface area contributed by atoms with Crippen LogP contribution in [0.5, 0.6) is 0 Å². The summed E-state index contributed by atoms with van der Waals surface area (Å²) in [6.45, 7) is 0.461. The van der Waals surface area contributed by atoms with Crippen LogP contribution in [0.15, 0.2) is 24.3 Å². The molecule has 0 radical (unpaired) electrons. The SMILES string of the molecule is CNC(=O)c1ccc(CNC(=O)CC2(N)CCCC2)cc1. The summed E-state index contributed by atoms with van der Waals surface area (Å²) in [5.74, 6) is -0.119. The first kappa shape index (κ1) is 15.5. The highest BCUT2D eigenvalue weighted by atomic mass is 16.2. The van der Waals surface area contributed by atoms with Gasteiger partial charge in [0, 0.05) is 31.1 Å². The fourth-order valence-corrected chi connectivity index (χ4v) is 2.76. The van der Waals surface area contributed by atoms with Crippen molar-refractivity contribution in [3.8, 4) is 0 Å². The third-order valence-electron chi connectivity index (χ3n) is 4.04. The van der Waals surface area contributed by atoms with Gasteiger partial charge in [-0.05, 0) is 30.5 Å². The zero-order valence-electron chi connectivity index (χ0n) is 12.4. The molecule has 1 aromatic rings. The first-order valence-electron chi connectivity index (χ1n) is 7.39. The number of benzene rings is 1. The van der Waals surface area contributed by atoms with Gasteiger partial charge in [0.1, 0.15) is 0 Å². The van der Waals surface area contributed by atoms with E-state index in [1.807, 2.05) is 12.1 Å². The van der Waals surface area contributed by atoms with Crippen molar-refractivity contribution in [2.24, 2.45) is 5.73 Å². The molecular formula is C16H23N3O2. The lowest BCUT2D eigenvalue weighted by Crippen LogP contribution is -2.42. The average molecular weight is 289 g/mol. The summed E-state index contributed by atoms with van der Waals surface area (Å²) in [5.41, 5.74) is 7.46. The minimum atomic E-state index is -0.312. The van der Waals surface area contributed by atoms with Gasteiger partial charge >= 0.3 is 0 Å². The monoisotopic (exact) mass is 289 g/mol. The second-order valence-corrected chi connectivity index (χ2v) is 5.80. The summed E-state index contributed by atoms with van der Waals surface area (Å²) in [7, 11) is 1.60. The number of nitrogens with one attached hydrogen (secondary N) is 2. The Balaban J connectivity index is 1.82. The number of hydrogen-bond donors (Lipinski definition) is 3. The van der Waals surface area contributed by atoms with Crippen molar-refractivity contribution in [1.82, 2.24) is 10.6 Å². The molecule has 2 rings (SSSR count). The molecule has 1 aromatic carbocycles. The summed E-state index contributed by atoms with van der Waals surface area (Å²) in [6.07, 6.45) is 4.49. The van der Waals surface area contributed by atoms with Crippen LogP contribution in [0.4, 0.5) is 0 Å². The third-order valence-corrected chi connectivity index (χ3v) is 4.04. The van der Waals surface area contributed by atoms with Crippen LogP contribution in [0.2, 0.25) is 0 Å². The van der Waals surface area contributed by atoms with Gasteiger partial charge in [-0.15, -0.1) is 0 Å². The molecule has 1 fully saturated rings.